The van der Waals surface area contributed by atoms with Crippen molar-refractivity contribution >= 4 is 11.9 Å². The molecule has 0 saturated heterocycles. The van der Waals surface area contributed by atoms with Crippen molar-refractivity contribution in [3.05, 3.63) is 48.6 Å². The van der Waals surface area contributed by atoms with Crippen molar-refractivity contribution in [2.24, 2.45) is 0 Å². The number of amides is 1. The first-order chi connectivity index (χ1) is 33.5. The quantitative estimate of drug-likeness (QED) is 0.0321. The Hall–Kier alpha value is -2.18. The van der Waals surface area contributed by atoms with Gasteiger partial charge in [-0.2, -0.15) is 0 Å². The van der Waals surface area contributed by atoms with Crippen LogP contribution >= 0.6 is 0 Å². The average molecular weight is 955 g/mol. The number of nitrogens with one attached hydrogen (secondary N) is 1. The standard InChI is InChI=1S/C62H115NO5/c1-4-7-10-13-16-19-22-25-28-30-31-34-37-40-43-46-49-52-55-62(67)68-58(53-50-47-44-41-38-35-32-27-24-21-18-15-12-9-6-3)56-61(66)63-59(57-64)60(65)54-51-48-45-42-39-36-33-29-26-23-20-17-14-11-8-5-2/h16,19,22,25,28,30-31,34,58-60,64-65H,4-15,17-18,20-21,23-24,26-27,29,32-33,35-57H2,1-3H3,(H,63,66)/b19-16+,25-22+,30-28+,34-31+. The lowest BCUT2D eigenvalue weighted by Gasteiger charge is -2.24. The lowest BCUT2D eigenvalue weighted by atomic mass is 10.0. The van der Waals surface area contributed by atoms with Crippen molar-refractivity contribution in [3.8, 4) is 0 Å². The number of unbranched alkanes of at least 4 members (excludes halogenated alkanes) is 37. The molecular weight excluding hydrogens is 839 g/mol. The van der Waals surface area contributed by atoms with Gasteiger partial charge in [-0.3, -0.25) is 9.59 Å². The van der Waals surface area contributed by atoms with Crippen LogP contribution in [0.5, 0.6) is 0 Å². The zero-order valence-electron chi connectivity index (χ0n) is 45.5. The summed E-state index contributed by atoms with van der Waals surface area (Å²) in [6.45, 7) is 6.48. The topological polar surface area (TPSA) is 95.9 Å². The van der Waals surface area contributed by atoms with Crippen LogP contribution in [0.4, 0.5) is 0 Å². The van der Waals surface area contributed by atoms with E-state index in [2.05, 4.69) is 74.7 Å². The van der Waals surface area contributed by atoms with Crippen LogP contribution in [-0.2, 0) is 14.3 Å². The normalized spacial score (nSPS) is 13.4. The first kappa shape index (κ1) is 65.8. The summed E-state index contributed by atoms with van der Waals surface area (Å²) in [6.07, 6.45) is 68.8. The number of rotatable bonds is 54. The number of carbonyl (C=O) groups is 2. The highest BCUT2D eigenvalue weighted by Gasteiger charge is 2.24. The maximum Gasteiger partial charge on any atom is 0.306 e. The molecule has 0 spiro atoms. The second-order valence-electron chi connectivity index (χ2n) is 20.5. The van der Waals surface area contributed by atoms with Crippen LogP contribution in [0, 0.1) is 0 Å². The van der Waals surface area contributed by atoms with E-state index in [-0.39, 0.29) is 24.9 Å². The molecule has 0 aliphatic carbocycles. The molecule has 0 saturated carbocycles. The zero-order chi connectivity index (χ0) is 49.5. The molecule has 0 aliphatic heterocycles. The van der Waals surface area contributed by atoms with Crippen LogP contribution in [-0.4, -0.2) is 46.9 Å². The van der Waals surface area contributed by atoms with E-state index >= 15 is 0 Å². The molecule has 0 heterocycles. The summed E-state index contributed by atoms with van der Waals surface area (Å²) >= 11 is 0. The minimum absolute atomic E-state index is 0.0712. The van der Waals surface area contributed by atoms with Crippen LogP contribution in [0.15, 0.2) is 48.6 Å². The Labute approximate surface area is 423 Å². The van der Waals surface area contributed by atoms with E-state index in [1.165, 1.54) is 193 Å². The first-order valence-corrected chi connectivity index (χ1v) is 29.9. The molecule has 6 heteroatoms. The van der Waals surface area contributed by atoms with Crippen LogP contribution in [0.3, 0.4) is 0 Å². The Bertz CT molecular complexity index is 1160. The van der Waals surface area contributed by atoms with E-state index in [1.54, 1.807) is 0 Å². The molecule has 0 radical (unpaired) electrons. The van der Waals surface area contributed by atoms with Crippen molar-refractivity contribution in [3.63, 3.8) is 0 Å². The van der Waals surface area contributed by atoms with E-state index in [0.29, 0.717) is 19.3 Å². The van der Waals surface area contributed by atoms with Crippen LogP contribution in [0.25, 0.3) is 0 Å². The highest BCUT2D eigenvalue weighted by Crippen LogP contribution is 2.19. The Balaban J connectivity index is 4.57. The molecule has 0 aliphatic rings. The van der Waals surface area contributed by atoms with Gasteiger partial charge < -0.3 is 20.3 Å². The highest BCUT2D eigenvalue weighted by molar-refractivity contribution is 5.77. The third kappa shape index (κ3) is 50.2. The summed E-state index contributed by atoms with van der Waals surface area (Å²) in [5, 5.41) is 23.9. The summed E-state index contributed by atoms with van der Waals surface area (Å²) in [5.74, 6) is -0.484. The Morgan fingerprint density at radius 1 is 0.426 bits per heavy atom. The smallest absolute Gasteiger partial charge is 0.306 e. The fourth-order valence-corrected chi connectivity index (χ4v) is 9.21. The fourth-order valence-electron chi connectivity index (χ4n) is 9.21. The van der Waals surface area contributed by atoms with Crippen molar-refractivity contribution in [2.45, 2.75) is 328 Å². The van der Waals surface area contributed by atoms with Crippen molar-refractivity contribution in [2.75, 3.05) is 6.61 Å². The van der Waals surface area contributed by atoms with E-state index in [4.69, 9.17) is 4.74 Å². The summed E-state index contributed by atoms with van der Waals surface area (Å²) in [5.41, 5.74) is 0. The SMILES string of the molecule is CCCCC/C=C/C=C/C=C/C=C/CCCCCCCC(=O)OC(CCCCCCCCCCCCCCCCC)CC(=O)NC(CO)C(O)CCCCCCCCCCCCCCCCCC. The number of ether oxygens (including phenoxy) is 1. The summed E-state index contributed by atoms with van der Waals surface area (Å²) in [4.78, 5) is 26.3. The van der Waals surface area contributed by atoms with Gasteiger partial charge in [-0.05, 0) is 51.4 Å². The molecule has 0 aromatic rings. The van der Waals surface area contributed by atoms with Gasteiger partial charge in [0.25, 0.3) is 0 Å². The number of hydrogen-bond donors (Lipinski definition) is 3. The number of esters is 1. The number of hydrogen-bond acceptors (Lipinski definition) is 5. The van der Waals surface area contributed by atoms with Gasteiger partial charge >= 0.3 is 5.97 Å². The molecule has 1 amide bonds. The second-order valence-corrected chi connectivity index (χ2v) is 20.5. The van der Waals surface area contributed by atoms with Crippen molar-refractivity contribution in [1.82, 2.24) is 5.32 Å². The zero-order valence-corrected chi connectivity index (χ0v) is 45.5. The second kappa shape index (κ2) is 55.7. The third-order valence-corrected chi connectivity index (χ3v) is 13.8. The average Bonchev–Trinajstić information content (AvgIpc) is 3.33. The number of allylic oxidation sites excluding steroid dienone is 8. The molecule has 6 nitrogen and oxygen atoms in total. The molecule has 0 aromatic carbocycles. The summed E-state index contributed by atoms with van der Waals surface area (Å²) < 4.78 is 5.96. The van der Waals surface area contributed by atoms with Gasteiger partial charge in [-0.1, -0.05) is 294 Å². The fraction of sp³-hybridized carbons (Fsp3) is 0.839. The van der Waals surface area contributed by atoms with Crippen LogP contribution in [0.1, 0.15) is 310 Å². The number of aliphatic hydroxyl groups is 2. The minimum Gasteiger partial charge on any atom is -0.462 e. The molecule has 0 aromatic heterocycles. The van der Waals surface area contributed by atoms with E-state index < -0.39 is 18.2 Å². The molecule has 0 rings (SSSR count). The lowest BCUT2D eigenvalue weighted by molar-refractivity contribution is -0.151. The Kier molecular flexibility index (Phi) is 54.0. The minimum atomic E-state index is -0.792. The largest absolute Gasteiger partial charge is 0.462 e. The predicted octanol–water partition coefficient (Wildman–Crippen LogP) is 18.6. The summed E-state index contributed by atoms with van der Waals surface area (Å²) in [7, 11) is 0. The lowest BCUT2D eigenvalue weighted by Crippen LogP contribution is -2.46. The molecule has 3 N–H and O–H groups in total. The Morgan fingerprint density at radius 3 is 1.16 bits per heavy atom. The molecule has 0 bridgehead atoms. The van der Waals surface area contributed by atoms with Crippen molar-refractivity contribution in [1.29, 1.82) is 0 Å². The van der Waals surface area contributed by atoms with Gasteiger partial charge in [0, 0.05) is 6.42 Å². The Morgan fingerprint density at radius 2 is 0.750 bits per heavy atom. The molecule has 68 heavy (non-hydrogen) atoms. The molecule has 3 unspecified atom stereocenters. The van der Waals surface area contributed by atoms with Crippen LogP contribution in [0.2, 0.25) is 0 Å². The van der Waals surface area contributed by atoms with Gasteiger partial charge in [0.05, 0.1) is 25.2 Å². The van der Waals surface area contributed by atoms with E-state index in [9.17, 15) is 19.8 Å². The molecular formula is C62H115NO5. The molecule has 398 valence electrons. The van der Waals surface area contributed by atoms with Gasteiger partial charge in [-0.25, -0.2) is 0 Å². The van der Waals surface area contributed by atoms with Gasteiger partial charge in [0.15, 0.2) is 0 Å². The van der Waals surface area contributed by atoms with Gasteiger partial charge in [0.2, 0.25) is 5.91 Å². The molecule has 3 atom stereocenters. The number of carbonyl (C=O) groups excluding carboxylic acids is 2. The highest BCUT2D eigenvalue weighted by atomic mass is 16.5. The first-order valence-electron chi connectivity index (χ1n) is 29.9. The monoisotopic (exact) mass is 954 g/mol. The predicted molar refractivity (Wildman–Crippen MR) is 296 cm³/mol. The van der Waals surface area contributed by atoms with Gasteiger partial charge in [-0.15, -0.1) is 0 Å². The maximum atomic E-state index is 13.3. The van der Waals surface area contributed by atoms with Gasteiger partial charge in [0.1, 0.15) is 6.10 Å². The maximum absolute atomic E-state index is 13.3. The van der Waals surface area contributed by atoms with E-state index in [1.807, 2.05) is 0 Å². The van der Waals surface area contributed by atoms with Crippen molar-refractivity contribution < 1.29 is 24.5 Å². The third-order valence-electron chi connectivity index (χ3n) is 13.8. The molecule has 0 fully saturated rings. The van der Waals surface area contributed by atoms with E-state index in [0.717, 1.165) is 70.6 Å². The van der Waals surface area contributed by atoms with Crippen LogP contribution < -0.4 is 5.32 Å². The summed E-state index contributed by atoms with van der Waals surface area (Å²) in [6, 6.07) is -0.706. The number of aliphatic hydroxyl groups excluding tert-OH is 2.